The van der Waals surface area contributed by atoms with Gasteiger partial charge in [0.1, 0.15) is 11.4 Å². The summed E-state index contributed by atoms with van der Waals surface area (Å²) in [5.74, 6) is -3.33. The van der Waals surface area contributed by atoms with Crippen LogP contribution in [0.5, 0.6) is 0 Å². The average Bonchev–Trinajstić information content (AvgIpc) is 2.94. The van der Waals surface area contributed by atoms with Crippen molar-refractivity contribution in [1.29, 1.82) is 0 Å². The summed E-state index contributed by atoms with van der Waals surface area (Å²) in [6, 6.07) is 30.6. The number of hydrogen-bond acceptors (Lipinski definition) is 6. The molecule has 0 aliphatic heterocycles. The van der Waals surface area contributed by atoms with Crippen molar-refractivity contribution in [2.24, 2.45) is 0 Å². The molecule has 0 aromatic heterocycles. The van der Waals surface area contributed by atoms with Crippen molar-refractivity contribution >= 4 is 33.2 Å². The molecule has 0 amide bonds. The predicted octanol–water partition coefficient (Wildman–Crippen LogP) is 3.01. The SMILES string of the molecule is C[N+](C)(C)c1ccccc1.C[N+](C)(C)c1ccccc1.O=C([O-])c1ccccc1S(=O)(=O)c1ccccc1C(=O)[O-]. The largest absolute Gasteiger partial charge is 0.545 e. The molecule has 0 atom stereocenters. The minimum absolute atomic E-state index is 0.529. The lowest BCUT2D eigenvalue weighted by atomic mass is 10.2. The number of rotatable bonds is 6. The summed E-state index contributed by atoms with van der Waals surface area (Å²) in [4.78, 5) is 21.0. The molecule has 0 spiro atoms. The third kappa shape index (κ3) is 9.39. The van der Waals surface area contributed by atoms with Gasteiger partial charge in [0.15, 0.2) is 0 Å². The number of sulfone groups is 1. The molecule has 0 aliphatic rings. The molecular weight excluding hydrogens is 540 g/mol. The molecule has 0 N–H and O–H groups in total. The minimum Gasteiger partial charge on any atom is -0.545 e. The van der Waals surface area contributed by atoms with Crippen LogP contribution < -0.4 is 19.2 Å². The van der Waals surface area contributed by atoms with E-state index >= 15 is 0 Å². The van der Waals surface area contributed by atoms with Crippen LogP contribution in [-0.4, -0.2) is 62.6 Å². The van der Waals surface area contributed by atoms with Crippen LogP contribution in [0.3, 0.4) is 0 Å². The number of carboxylic acids is 2. The Morgan fingerprint density at radius 2 is 0.756 bits per heavy atom. The van der Waals surface area contributed by atoms with Crippen LogP contribution >= 0.6 is 0 Å². The van der Waals surface area contributed by atoms with Crippen LogP contribution in [0.15, 0.2) is 119 Å². The molecule has 0 saturated carbocycles. The van der Waals surface area contributed by atoms with E-state index in [1.54, 1.807) is 0 Å². The van der Waals surface area contributed by atoms with Crippen molar-refractivity contribution in [2.45, 2.75) is 9.79 Å². The molecule has 4 rings (SSSR count). The van der Waals surface area contributed by atoms with E-state index in [-0.39, 0.29) is 0 Å². The second-order valence-electron chi connectivity index (χ2n) is 10.8. The summed E-state index contributed by atoms with van der Waals surface area (Å²) in [6.45, 7) is 0. The topological polar surface area (TPSA) is 114 Å². The molecule has 8 nitrogen and oxygen atoms in total. The van der Waals surface area contributed by atoms with Crippen LogP contribution in [0.2, 0.25) is 0 Å². The second-order valence-corrected chi connectivity index (χ2v) is 12.7. The first-order chi connectivity index (χ1) is 19.1. The van der Waals surface area contributed by atoms with Crippen molar-refractivity contribution in [2.75, 3.05) is 42.3 Å². The van der Waals surface area contributed by atoms with Crippen molar-refractivity contribution in [3.05, 3.63) is 120 Å². The average molecular weight is 577 g/mol. The molecule has 0 fully saturated rings. The monoisotopic (exact) mass is 576 g/mol. The molecule has 4 aromatic carbocycles. The van der Waals surface area contributed by atoms with Gasteiger partial charge in [-0.1, -0.05) is 72.8 Å². The first-order valence-corrected chi connectivity index (χ1v) is 14.1. The van der Waals surface area contributed by atoms with Crippen molar-refractivity contribution in [3.8, 4) is 0 Å². The molecule has 0 unspecified atom stereocenters. The van der Waals surface area contributed by atoms with E-state index in [0.29, 0.717) is 0 Å². The Balaban J connectivity index is 0.000000244. The third-order valence-corrected chi connectivity index (χ3v) is 7.72. The lowest BCUT2D eigenvalue weighted by Gasteiger charge is -2.22. The van der Waals surface area contributed by atoms with E-state index in [4.69, 9.17) is 0 Å². The highest BCUT2D eigenvalue weighted by Crippen LogP contribution is 2.26. The van der Waals surface area contributed by atoms with E-state index in [1.165, 1.54) is 35.6 Å². The van der Waals surface area contributed by atoms with Gasteiger partial charge >= 0.3 is 0 Å². The number of nitrogens with zero attached hydrogens (tertiary/aromatic N) is 2. The molecule has 0 radical (unpaired) electrons. The second kappa shape index (κ2) is 13.8. The molecule has 0 saturated heterocycles. The van der Waals surface area contributed by atoms with Crippen LogP contribution in [0.4, 0.5) is 11.4 Å². The number of aromatic carboxylic acids is 2. The molecule has 41 heavy (non-hydrogen) atoms. The van der Waals surface area contributed by atoms with Gasteiger partial charge in [-0.25, -0.2) is 8.42 Å². The fourth-order valence-corrected chi connectivity index (χ4v) is 5.24. The summed E-state index contributed by atoms with van der Waals surface area (Å²) >= 11 is 0. The molecule has 0 bridgehead atoms. The molecule has 0 aliphatic carbocycles. The van der Waals surface area contributed by atoms with Gasteiger partial charge in [-0.3, -0.25) is 8.97 Å². The highest BCUT2D eigenvalue weighted by atomic mass is 32.2. The summed E-state index contributed by atoms with van der Waals surface area (Å²) < 4.78 is 26.8. The number of carbonyl (C=O) groups is 2. The van der Waals surface area contributed by atoms with Crippen LogP contribution in [-0.2, 0) is 9.84 Å². The predicted molar refractivity (Wildman–Crippen MR) is 159 cm³/mol. The maximum atomic E-state index is 12.5. The number of quaternary nitrogens is 2. The van der Waals surface area contributed by atoms with Gasteiger partial charge in [-0.15, -0.1) is 0 Å². The Morgan fingerprint density at radius 3 is 1.00 bits per heavy atom. The van der Waals surface area contributed by atoms with Gasteiger partial charge < -0.3 is 19.8 Å². The zero-order valence-corrected chi connectivity index (χ0v) is 25.0. The quantitative estimate of drug-likeness (QED) is 0.326. The number of carboxylic acid groups (broad SMARTS) is 2. The number of benzene rings is 4. The Morgan fingerprint density at radius 1 is 0.488 bits per heavy atom. The van der Waals surface area contributed by atoms with E-state index < -0.39 is 42.7 Å². The van der Waals surface area contributed by atoms with Crippen molar-refractivity contribution < 1.29 is 28.2 Å². The zero-order chi connectivity index (χ0) is 30.8. The summed E-state index contributed by atoms with van der Waals surface area (Å²) in [7, 11) is 8.64. The van der Waals surface area contributed by atoms with Crippen LogP contribution in [0.25, 0.3) is 0 Å². The fourth-order valence-electron chi connectivity index (χ4n) is 3.61. The van der Waals surface area contributed by atoms with E-state index in [1.807, 2.05) is 12.1 Å². The van der Waals surface area contributed by atoms with Crippen LogP contribution in [0.1, 0.15) is 20.7 Å². The molecule has 216 valence electrons. The zero-order valence-electron chi connectivity index (χ0n) is 24.1. The number of para-hydroxylation sites is 2. The smallest absolute Gasteiger partial charge is 0.207 e. The fraction of sp³-hybridized carbons (Fsp3) is 0.188. The molecule has 9 heteroatoms. The maximum Gasteiger partial charge on any atom is 0.207 e. The number of carbonyl (C=O) groups excluding carboxylic acids is 2. The third-order valence-electron chi connectivity index (χ3n) is 5.85. The maximum absolute atomic E-state index is 12.5. The first kappa shape index (κ1) is 32.9. The highest BCUT2D eigenvalue weighted by molar-refractivity contribution is 7.91. The molecule has 0 heterocycles. The summed E-state index contributed by atoms with van der Waals surface area (Å²) in [5.41, 5.74) is 1.60. The van der Waals surface area contributed by atoms with Gasteiger partial charge in [0.2, 0.25) is 9.84 Å². The van der Waals surface area contributed by atoms with E-state index in [0.717, 1.165) is 33.2 Å². The van der Waals surface area contributed by atoms with Crippen molar-refractivity contribution in [1.82, 2.24) is 8.97 Å². The Bertz CT molecular complexity index is 1440. The minimum atomic E-state index is -4.33. The Labute approximate surface area is 242 Å². The van der Waals surface area contributed by atoms with E-state index in [2.05, 4.69) is 90.8 Å². The first-order valence-electron chi connectivity index (χ1n) is 12.7. The summed E-state index contributed by atoms with van der Waals surface area (Å²) in [6.07, 6.45) is 0. The summed E-state index contributed by atoms with van der Waals surface area (Å²) in [5, 5.41) is 22.0. The molecule has 4 aromatic rings. The highest BCUT2D eigenvalue weighted by Gasteiger charge is 2.24. The van der Waals surface area contributed by atoms with Gasteiger partial charge in [0.25, 0.3) is 0 Å². The van der Waals surface area contributed by atoms with Gasteiger partial charge in [-0.2, -0.15) is 0 Å². The standard InChI is InChI=1S/C14H10O6S.2C9H14N/c15-13(16)9-5-1-3-7-11(9)21(19,20)12-8-4-2-6-10(12)14(17)18;2*1-10(2,3)9-7-5-4-6-8-9/h1-8H,(H,15,16)(H,17,18);2*4-8H,1-3H3/q;2*+1/p-2. The van der Waals surface area contributed by atoms with Crippen molar-refractivity contribution in [3.63, 3.8) is 0 Å². The normalized spacial score (nSPS) is 11.3. The lowest BCUT2D eigenvalue weighted by molar-refractivity contribution is -0.256. The van der Waals surface area contributed by atoms with Crippen LogP contribution in [0, 0.1) is 0 Å². The van der Waals surface area contributed by atoms with Gasteiger partial charge in [0, 0.05) is 11.1 Å². The van der Waals surface area contributed by atoms with Gasteiger partial charge in [0.05, 0.1) is 64.0 Å². The van der Waals surface area contributed by atoms with E-state index in [9.17, 15) is 28.2 Å². The molecular formula is C32H36N2O6S. The van der Waals surface area contributed by atoms with Gasteiger partial charge in [-0.05, 0) is 36.4 Å². The Kier molecular flexibility index (Phi) is 11.1. The Hall–Kier alpha value is -4.31. The number of hydrogen-bond donors (Lipinski definition) is 0. The lowest BCUT2D eigenvalue weighted by Crippen LogP contribution is -2.34.